The van der Waals surface area contributed by atoms with E-state index in [0.717, 1.165) is 5.57 Å². The van der Waals surface area contributed by atoms with E-state index >= 15 is 0 Å². The summed E-state index contributed by atoms with van der Waals surface area (Å²) in [6, 6.07) is 0. The minimum absolute atomic E-state index is 0.129. The fourth-order valence-electron chi connectivity index (χ4n) is 2.17. The lowest BCUT2D eigenvalue weighted by molar-refractivity contribution is 0.269. The number of hydrogen-bond donors (Lipinski definition) is 2. The van der Waals surface area contributed by atoms with Gasteiger partial charge in [-0.25, -0.2) is 9.97 Å². The predicted octanol–water partition coefficient (Wildman–Crippen LogP) is -0.0859. The minimum Gasteiger partial charge on any atom is -0.396 e. The van der Waals surface area contributed by atoms with Gasteiger partial charge in [-0.05, 0) is 0 Å². The molecule has 0 amide bonds. The molecule has 0 radical (unpaired) electrons. The topological polar surface area (TPSA) is 83.8 Å². The van der Waals surface area contributed by atoms with E-state index in [1.807, 2.05) is 4.57 Å². The average Bonchev–Trinajstić information content (AvgIpc) is 2.74. The van der Waals surface area contributed by atoms with Crippen LogP contribution in [0, 0.1) is 11.8 Å². The number of imidazole rings is 1. The zero-order valence-electron chi connectivity index (χ0n) is 9.13. The van der Waals surface area contributed by atoms with Gasteiger partial charge in [-0.15, -0.1) is 0 Å². The Morgan fingerprint density at radius 1 is 1.47 bits per heavy atom. The second-order valence-corrected chi connectivity index (χ2v) is 4.27. The van der Waals surface area contributed by atoms with Gasteiger partial charge in [0.15, 0.2) is 11.2 Å². The molecule has 2 N–H and O–H groups in total. The molecule has 2 aromatic heterocycles. The summed E-state index contributed by atoms with van der Waals surface area (Å²) in [5.74, 6) is 0.438. The van der Waals surface area contributed by atoms with Crippen molar-refractivity contribution in [3.63, 3.8) is 0 Å². The van der Waals surface area contributed by atoms with Crippen molar-refractivity contribution in [2.45, 2.75) is 6.54 Å². The Morgan fingerprint density at radius 2 is 2.29 bits per heavy atom. The molecule has 0 aliphatic heterocycles. The van der Waals surface area contributed by atoms with Crippen LogP contribution in [0.5, 0.6) is 0 Å². The molecule has 0 aromatic carbocycles. The molecule has 6 heteroatoms. The summed E-state index contributed by atoms with van der Waals surface area (Å²) in [6.45, 7) is 4.69. The van der Waals surface area contributed by atoms with Gasteiger partial charge in [0, 0.05) is 18.4 Å². The third-order valence-electron chi connectivity index (χ3n) is 3.33. The highest BCUT2D eigenvalue weighted by molar-refractivity contribution is 5.68. The van der Waals surface area contributed by atoms with Crippen LogP contribution in [0.3, 0.4) is 0 Å². The van der Waals surface area contributed by atoms with Crippen molar-refractivity contribution < 1.29 is 5.11 Å². The number of aliphatic hydroxyl groups excluding tert-OH is 1. The van der Waals surface area contributed by atoms with Gasteiger partial charge in [0.1, 0.15) is 0 Å². The first-order valence-corrected chi connectivity index (χ1v) is 5.40. The summed E-state index contributed by atoms with van der Waals surface area (Å²) < 4.78 is 1.83. The average molecular weight is 232 g/mol. The highest BCUT2D eigenvalue weighted by Crippen LogP contribution is 2.45. The summed E-state index contributed by atoms with van der Waals surface area (Å²) >= 11 is 0. The molecule has 17 heavy (non-hydrogen) atoms. The molecule has 6 nitrogen and oxygen atoms in total. The number of hydrogen-bond acceptors (Lipinski definition) is 4. The molecule has 1 aliphatic carbocycles. The minimum atomic E-state index is -0.234. The van der Waals surface area contributed by atoms with E-state index in [1.54, 1.807) is 6.33 Å². The van der Waals surface area contributed by atoms with Gasteiger partial charge in [-0.2, -0.15) is 0 Å². The molecule has 0 unspecified atom stereocenters. The van der Waals surface area contributed by atoms with Crippen LogP contribution in [0.15, 0.2) is 29.6 Å². The smallest absolute Gasteiger partial charge is 0.278 e. The first kappa shape index (κ1) is 10.2. The highest BCUT2D eigenvalue weighted by atomic mass is 16.3. The number of aromatic nitrogens is 4. The van der Waals surface area contributed by atoms with E-state index in [1.165, 1.54) is 6.33 Å². The number of aliphatic hydroxyl groups is 1. The summed E-state index contributed by atoms with van der Waals surface area (Å²) in [4.78, 5) is 22.1. The van der Waals surface area contributed by atoms with Gasteiger partial charge < -0.3 is 14.7 Å². The second kappa shape index (κ2) is 3.53. The van der Waals surface area contributed by atoms with Crippen molar-refractivity contribution in [1.82, 2.24) is 19.5 Å². The summed E-state index contributed by atoms with van der Waals surface area (Å²) in [5, 5.41) is 9.08. The maximum Gasteiger partial charge on any atom is 0.278 e. The van der Waals surface area contributed by atoms with Gasteiger partial charge in [0.05, 0.1) is 19.3 Å². The summed E-state index contributed by atoms with van der Waals surface area (Å²) in [6.07, 6.45) is 2.97. The summed E-state index contributed by atoms with van der Waals surface area (Å²) in [7, 11) is 0. The zero-order valence-corrected chi connectivity index (χ0v) is 9.13. The first-order valence-electron chi connectivity index (χ1n) is 5.40. The number of H-pyrrole nitrogens is 1. The molecule has 0 bridgehead atoms. The van der Waals surface area contributed by atoms with E-state index in [0.29, 0.717) is 17.7 Å². The summed E-state index contributed by atoms with van der Waals surface area (Å²) in [5.41, 5.74) is 1.74. The number of fused-ring (bicyclic) bond motifs is 1. The van der Waals surface area contributed by atoms with Crippen molar-refractivity contribution in [2.75, 3.05) is 6.61 Å². The number of rotatable bonds is 3. The van der Waals surface area contributed by atoms with Gasteiger partial charge >= 0.3 is 0 Å². The second-order valence-electron chi connectivity index (χ2n) is 4.27. The monoisotopic (exact) mass is 232 g/mol. The van der Waals surface area contributed by atoms with Crippen molar-refractivity contribution in [3.8, 4) is 0 Å². The molecule has 0 saturated heterocycles. The first-order chi connectivity index (χ1) is 8.22. The molecule has 0 spiro atoms. The lowest BCUT2D eigenvalue weighted by Gasteiger charge is -2.00. The Kier molecular flexibility index (Phi) is 2.12. The largest absolute Gasteiger partial charge is 0.396 e. The fraction of sp³-hybridized carbons (Fsp3) is 0.364. The van der Waals surface area contributed by atoms with Crippen molar-refractivity contribution >= 4 is 11.2 Å². The lowest BCUT2D eigenvalue weighted by Crippen LogP contribution is -2.08. The third kappa shape index (κ3) is 1.49. The molecule has 1 aliphatic rings. The van der Waals surface area contributed by atoms with Crippen molar-refractivity contribution in [1.29, 1.82) is 0 Å². The molecule has 2 heterocycles. The van der Waals surface area contributed by atoms with E-state index in [4.69, 9.17) is 5.11 Å². The van der Waals surface area contributed by atoms with Crippen LogP contribution in [-0.2, 0) is 6.54 Å². The van der Waals surface area contributed by atoms with E-state index in [9.17, 15) is 4.79 Å². The number of aromatic amines is 1. The number of nitrogens with zero attached hydrogens (tertiary/aromatic N) is 3. The molecular weight excluding hydrogens is 220 g/mol. The van der Waals surface area contributed by atoms with Crippen molar-refractivity contribution in [2.24, 2.45) is 11.8 Å². The predicted molar refractivity (Wildman–Crippen MR) is 61.4 cm³/mol. The van der Waals surface area contributed by atoms with Crippen LogP contribution in [-0.4, -0.2) is 31.2 Å². The molecule has 3 rings (SSSR count). The molecule has 2 aromatic rings. The maximum absolute atomic E-state index is 11.4. The fourth-order valence-corrected chi connectivity index (χ4v) is 2.17. The van der Waals surface area contributed by atoms with Gasteiger partial charge in [-0.1, -0.05) is 12.2 Å². The van der Waals surface area contributed by atoms with Crippen LogP contribution >= 0.6 is 0 Å². The Balaban J connectivity index is 1.95. The Hall–Kier alpha value is -1.95. The molecule has 1 saturated carbocycles. The van der Waals surface area contributed by atoms with Crippen LogP contribution < -0.4 is 5.56 Å². The lowest BCUT2D eigenvalue weighted by atomic mass is 10.3. The van der Waals surface area contributed by atoms with Crippen LogP contribution in [0.4, 0.5) is 0 Å². The van der Waals surface area contributed by atoms with Crippen LogP contribution in [0.25, 0.3) is 11.2 Å². The standard InChI is InChI=1S/C11H12N4O2/c1-6-7(8(6)3-16)2-15-5-14-9-10(15)12-4-13-11(9)17/h4-5,7-8,16H,1-3H2,(H,12,13,17)/t7-,8-/m0/s1. The molecule has 2 atom stereocenters. The maximum atomic E-state index is 11.4. The highest BCUT2D eigenvalue weighted by Gasteiger charge is 2.41. The van der Waals surface area contributed by atoms with E-state index in [2.05, 4.69) is 21.5 Å². The van der Waals surface area contributed by atoms with Crippen LogP contribution in [0.1, 0.15) is 0 Å². The van der Waals surface area contributed by atoms with Gasteiger partial charge in [0.2, 0.25) is 0 Å². The molecule has 1 fully saturated rings. The third-order valence-corrected chi connectivity index (χ3v) is 3.33. The quantitative estimate of drug-likeness (QED) is 0.725. The van der Waals surface area contributed by atoms with Crippen molar-refractivity contribution in [3.05, 3.63) is 35.2 Å². The van der Waals surface area contributed by atoms with E-state index < -0.39 is 0 Å². The molecule has 88 valence electrons. The number of nitrogens with one attached hydrogen (secondary N) is 1. The zero-order chi connectivity index (χ0) is 12.0. The Labute approximate surface area is 96.6 Å². The normalized spacial score (nSPS) is 23.2. The van der Waals surface area contributed by atoms with E-state index in [-0.39, 0.29) is 24.0 Å². The SMILES string of the molecule is C=C1[C@H](CO)[C@H]1Cn1cnc2c(=O)[nH]cnc21. The van der Waals surface area contributed by atoms with Crippen LogP contribution in [0.2, 0.25) is 0 Å². The van der Waals surface area contributed by atoms with Gasteiger partial charge in [0.25, 0.3) is 5.56 Å². The molecular formula is C11H12N4O2. The Morgan fingerprint density at radius 3 is 3.00 bits per heavy atom. The van der Waals surface area contributed by atoms with Gasteiger partial charge in [-0.3, -0.25) is 4.79 Å². The Bertz CT molecular complexity index is 642.